The number of anilines is 1. The minimum atomic E-state index is 0.452. The average molecular weight is 257 g/mol. The molecule has 1 aliphatic heterocycles. The van der Waals surface area contributed by atoms with Crippen LogP contribution in [0.15, 0.2) is 10.5 Å². The van der Waals surface area contributed by atoms with Crippen LogP contribution in [-0.2, 0) is 6.42 Å². The fourth-order valence-corrected chi connectivity index (χ4v) is 2.04. The third-order valence-corrected chi connectivity index (χ3v) is 3.08. The summed E-state index contributed by atoms with van der Waals surface area (Å²) >= 11 is 3.35. The SMILES string of the molecule is Nc1nnc(CC2CCCN2)cc1Br. The van der Waals surface area contributed by atoms with Gasteiger partial charge in [-0.1, -0.05) is 0 Å². The van der Waals surface area contributed by atoms with Gasteiger partial charge in [0.2, 0.25) is 0 Å². The van der Waals surface area contributed by atoms with Gasteiger partial charge in [-0.3, -0.25) is 0 Å². The molecular formula is C9H13BrN4. The number of nitrogens with one attached hydrogen (secondary N) is 1. The molecular weight excluding hydrogens is 244 g/mol. The number of rotatable bonds is 2. The van der Waals surface area contributed by atoms with Crippen LogP contribution in [0, 0.1) is 0 Å². The van der Waals surface area contributed by atoms with Crippen molar-refractivity contribution in [3.05, 3.63) is 16.2 Å². The van der Waals surface area contributed by atoms with E-state index in [0.29, 0.717) is 11.9 Å². The lowest BCUT2D eigenvalue weighted by atomic mass is 10.1. The topological polar surface area (TPSA) is 63.8 Å². The summed E-state index contributed by atoms with van der Waals surface area (Å²) in [5.41, 5.74) is 6.55. The average Bonchev–Trinajstić information content (AvgIpc) is 2.64. The smallest absolute Gasteiger partial charge is 0.160 e. The van der Waals surface area contributed by atoms with Crippen molar-refractivity contribution < 1.29 is 0 Å². The van der Waals surface area contributed by atoms with E-state index >= 15 is 0 Å². The normalized spacial score (nSPS) is 21.4. The van der Waals surface area contributed by atoms with Crippen LogP contribution in [0.4, 0.5) is 5.82 Å². The fraction of sp³-hybridized carbons (Fsp3) is 0.556. The van der Waals surface area contributed by atoms with Crippen LogP contribution in [-0.4, -0.2) is 22.8 Å². The second-order valence-electron chi connectivity index (χ2n) is 3.57. The number of hydrogen-bond acceptors (Lipinski definition) is 4. The highest BCUT2D eigenvalue weighted by atomic mass is 79.9. The Morgan fingerprint density at radius 2 is 2.43 bits per heavy atom. The summed E-state index contributed by atoms with van der Waals surface area (Å²) in [6, 6.07) is 2.50. The molecule has 5 heteroatoms. The number of aromatic nitrogens is 2. The zero-order valence-electron chi connectivity index (χ0n) is 7.83. The van der Waals surface area contributed by atoms with E-state index in [1.807, 2.05) is 6.07 Å². The van der Waals surface area contributed by atoms with Crippen molar-refractivity contribution in [3.8, 4) is 0 Å². The summed E-state index contributed by atoms with van der Waals surface area (Å²) < 4.78 is 0.834. The van der Waals surface area contributed by atoms with Gasteiger partial charge in [-0.05, 0) is 41.4 Å². The Morgan fingerprint density at radius 3 is 3.07 bits per heavy atom. The number of nitrogens with two attached hydrogens (primary N) is 1. The van der Waals surface area contributed by atoms with E-state index in [9.17, 15) is 0 Å². The summed E-state index contributed by atoms with van der Waals surface area (Å²) in [7, 11) is 0. The predicted molar refractivity (Wildman–Crippen MR) is 58.9 cm³/mol. The van der Waals surface area contributed by atoms with E-state index < -0.39 is 0 Å². The number of nitrogens with zero attached hydrogens (tertiary/aromatic N) is 2. The van der Waals surface area contributed by atoms with Crippen LogP contribution in [0.5, 0.6) is 0 Å². The molecule has 76 valence electrons. The van der Waals surface area contributed by atoms with Crippen LogP contribution in [0.25, 0.3) is 0 Å². The Bertz CT molecular complexity index is 323. The van der Waals surface area contributed by atoms with Gasteiger partial charge in [-0.2, -0.15) is 5.10 Å². The zero-order chi connectivity index (χ0) is 9.97. The highest BCUT2D eigenvalue weighted by Gasteiger charge is 2.15. The quantitative estimate of drug-likeness (QED) is 0.833. The van der Waals surface area contributed by atoms with Crippen molar-refractivity contribution in [2.45, 2.75) is 25.3 Å². The van der Waals surface area contributed by atoms with Crippen molar-refractivity contribution in [2.75, 3.05) is 12.3 Å². The molecule has 0 spiro atoms. The van der Waals surface area contributed by atoms with Crippen molar-refractivity contribution in [1.29, 1.82) is 0 Å². The first-order valence-electron chi connectivity index (χ1n) is 4.76. The van der Waals surface area contributed by atoms with Crippen molar-refractivity contribution in [3.63, 3.8) is 0 Å². The number of nitrogen functional groups attached to an aromatic ring is 1. The largest absolute Gasteiger partial charge is 0.381 e. The molecule has 1 unspecified atom stereocenters. The summed E-state index contributed by atoms with van der Waals surface area (Å²) in [6.07, 6.45) is 3.42. The predicted octanol–water partition coefficient (Wildman–Crippen LogP) is 1.12. The second-order valence-corrected chi connectivity index (χ2v) is 4.42. The summed E-state index contributed by atoms with van der Waals surface area (Å²) in [4.78, 5) is 0. The molecule has 1 aromatic heterocycles. The fourth-order valence-electron chi connectivity index (χ4n) is 1.70. The lowest BCUT2D eigenvalue weighted by molar-refractivity contribution is 0.590. The first kappa shape index (κ1) is 9.86. The van der Waals surface area contributed by atoms with E-state index in [1.165, 1.54) is 12.8 Å². The van der Waals surface area contributed by atoms with Crippen molar-refractivity contribution in [1.82, 2.24) is 15.5 Å². The Balaban J connectivity index is 2.05. The molecule has 0 saturated carbocycles. The minimum absolute atomic E-state index is 0.452. The van der Waals surface area contributed by atoms with Gasteiger partial charge >= 0.3 is 0 Å². The van der Waals surface area contributed by atoms with E-state index in [-0.39, 0.29) is 0 Å². The molecule has 0 aliphatic carbocycles. The maximum atomic E-state index is 5.56. The third-order valence-electron chi connectivity index (χ3n) is 2.44. The van der Waals surface area contributed by atoms with Crippen molar-refractivity contribution in [2.24, 2.45) is 0 Å². The molecule has 2 heterocycles. The highest BCUT2D eigenvalue weighted by molar-refractivity contribution is 9.10. The van der Waals surface area contributed by atoms with Crippen molar-refractivity contribution >= 4 is 21.7 Å². The van der Waals surface area contributed by atoms with Crippen LogP contribution in [0.3, 0.4) is 0 Å². The summed E-state index contributed by atoms with van der Waals surface area (Å²) in [6.45, 7) is 1.12. The van der Waals surface area contributed by atoms with Gasteiger partial charge in [-0.25, -0.2) is 0 Å². The van der Waals surface area contributed by atoms with Crippen LogP contribution in [0.1, 0.15) is 18.5 Å². The molecule has 0 radical (unpaired) electrons. The van der Waals surface area contributed by atoms with E-state index in [0.717, 1.165) is 23.1 Å². The summed E-state index contributed by atoms with van der Waals surface area (Å²) in [5, 5.41) is 11.4. The molecule has 1 atom stereocenters. The Hall–Kier alpha value is -0.680. The molecule has 0 aromatic carbocycles. The lowest BCUT2D eigenvalue weighted by Gasteiger charge is -2.08. The minimum Gasteiger partial charge on any atom is -0.381 e. The Morgan fingerprint density at radius 1 is 1.57 bits per heavy atom. The van der Waals surface area contributed by atoms with E-state index in [2.05, 4.69) is 31.4 Å². The summed E-state index contributed by atoms with van der Waals surface area (Å²) in [5.74, 6) is 0.452. The maximum absolute atomic E-state index is 5.56. The van der Waals surface area contributed by atoms with Gasteiger partial charge in [0, 0.05) is 12.5 Å². The third kappa shape index (κ3) is 2.22. The lowest BCUT2D eigenvalue weighted by Crippen LogP contribution is -2.24. The Kier molecular flexibility index (Phi) is 2.98. The van der Waals surface area contributed by atoms with Crippen LogP contribution in [0.2, 0.25) is 0 Å². The van der Waals surface area contributed by atoms with Gasteiger partial charge in [-0.15, -0.1) is 5.10 Å². The van der Waals surface area contributed by atoms with E-state index in [1.54, 1.807) is 0 Å². The van der Waals surface area contributed by atoms with Gasteiger partial charge < -0.3 is 11.1 Å². The number of hydrogen-bond donors (Lipinski definition) is 2. The second kappa shape index (κ2) is 4.23. The molecule has 1 aliphatic rings. The standard InChI is InChI=1S/C9H13BrN4/c10-8-5-7(13-14-9(8)11)4-6-2-1-3-12-6/h5-6,12H,1-4H2,(H2,11,14). The first-order valence-corrected chi connectivity index (χ1v) is 5.56. The molecule has 0 bridgehead atoms. The molecule has 1 saturated heterocycles. The molecule has 14 heavy (non-hydrogen) atoms. The Labute approximate surface area is 91.4 Å². The van der Waals surface area contributed by atoms with Gasteiger partial charge in [0.05, 0.1) is 10.2 Å². The molecule has 1 fully saturated rings. The van der Waals surface area contributed by atoms with Gasteiger partial charge in [0.15, 0.2) is 5.82 Å². The van der Waals surface area contributed by atoms with Gasteiger partial charge in [0.25, 0.3) is 0 Å². The molecule has 0 amide bonds. The van der Waals surface area contributed by atoms with Crippen LogP contribution >= 0.6 is 15.9 Å². The van der Waals surface area contributed by atoms with Gasteiger partial charge in [0.1, 0.15) is 0 Å². The van der Waals surface area contributed by atoms with E-state index in [4.69, 9.17) is 5.73 Å². The molecule has 3 N–H and O–H groups in total. The molecule has 1 aromatic rings. The first-order chi connectivity index (χ1) is 6.75. The zero-order valence-corrected chi connectivity index (χ0v) is 9.42. The van der Waals surface area contributed by atoms with Crippen LogP contribution < -0.4 is 11.1 Å². The molecule has 2 rings (SSSR count). The molecule has 4 nitrogen and oxygen atoms in total. The maximum Gasteiger partial charge on any atom is 0.160 e. The number of halogens is 1. The monoisotopic (exact) mass is 256 g/mol. The highest BCUT2D eigenvalue weighted by Crippen LogP contribution is 2.18.